The fourth-order valence-corrected chi connectivity index (χ4v) is 2.02. The molecule has 0 aliphatic carbocycles. The number of hydrogen-bond acceptors (Lipinski definition) is 3. The van der Waals surface area contributed by atoms with Crippen LogP contribution in [0.3, 0.4) is 0 Å². The number of rotatable bonds is 8. The fourth-order valence-electron chi connectivity index (χ4n) is 1.77. The summed E-state index contributed by atoms with van der Waals surface area (Å²) in [5, 5.41) is 0.444. The van der Waals surface area contributed by atoms with Gasteiger partial charge in [-0.05, 0) is 43.9 Å². The average Bonchev–Trinajstić information content (AvgIpc) is 2.35. The van der Waals surface area contributed by atoms with Gasteiger partial charge in [0.1, 0.15) is 5.82 Å². The normalized spacial score (nSPS) is 12.7. The summed E-state index contributed by atoms with van der Waals surface area (Å²) in [6.07, 6.45) is 2.51. The van der Waals surface area contributed by atoms with Crippen molar-refractivity contribution in [3.05, 3.63) is 34.6 Å². The van der Waals surface area contributed by atoms with E-state index in [4.69, 9.17) is 22.2 Å². The van der Waals surface area contributed by atoms with Gasteiger partial charge in [-0.1, -0.05) is 17.7 Å². The third-order valence-electron chi connectivity index (χ3n) is 2.76. The molecule has 1 aromatic rings. The molecule has 5 heteroatoms. The summed E-state index contributed by atoms with van der Waals surface area (Å²) < 4.78 is 18.2. The quantitative estimate of drug-likeness (QED) is 0.435. The van der Waals surface area contributed by atoms with E-state index < -0.39 is 0 Å². The first-order valence-electron chi connectivity index (χ1n) is 6.15. The number of hydrogen-bond donors (Lipinski definition) is 2. The van der Waals surface area contributed by atoms with Gasteiger partial charge in [-0.2, -0.15) is 0 Å². The second kappa shape index (κ2) is 8.43. The molecular formula is C13H20ClFN2O. The van der Waals surface area contributed by atoms with Crippen LogP contribution in [-0.2, 0) is 11.2 Å². The van der Waals surface area contributed by atoms with Crippen LogP contribution in [0.25, 0.3) is 0 Å². The Labute approximate surface area is 112 Å². The lowest BCUT2D eigenvalue weighted by molar-refractivity contribution is 0.140. The number of hydrazine groups is 1. The van der Waals surface area contributed by atoms with Crippen LogP contribution >= 0.6 is 11.6 Å². The molecule has 0 saturated carbocycles. The maximum atomic E-state index is 12.9. The SMILES string of the molecule is CCOCCCC(Cc1ccc(F)cc1Cl)NN. The van der Waals surface area contributed by atoms with Crippen molar-refractivity contribution in [2.45, 2.75) is 32.2 Å². The van der Waals surface area contributed by atoms with Crippen molar-refractivity contribution in [2.75, 3.05) is 13.2 Å². The molecule has 0 saturated heterocycles. The van der Waals surface area contributed by atoms with Gasteiger partial charge in [-0.25, -0.2) is 4.39 Å². The van der Waals surface area contributed by atoms with E-state index in [9.17, 15) is 4.39 Å². The van der Waals surface area contributed by atoms with Crippen molar-refractivity contribution < 1.29 is 9.13 Å². The first-order chi connectivity index (χ1) is 8.67. The van der Waals surface area contributed by atoms with Crippen LogP contribution in [0.15, 0.2) is 18.2 Å². The second-order valence-electron chi connectivity index (χ2n) is 4.14. The van der Waals surface area contributed by atoms with Crippen molar-refractivity contribution in [1.29, 1.82) is 0 Å². The highest BCUT2D eigenvalue weighted by atomic mass is 35.5. The molecule has 1 atom stereocenters. The Morgan fingerprint density at radius 2 is 2.28 bits per heavy atom. The molecule has 102 valence electrons. The maximum Gasteiger partial charge on any atom is 0.124 e. The molecule has 0 heterocycles. The second-order valence-corrected chi connectivity index (χ2v) is 4.55. The molecule has 0 spiro atoms. The van der Waals surface area contributed by atoms with E-state index in [1.165, 1.54) is 12.1 Å². The van der Waals surface area contributed by atoms with Crippen molar-refractivity contribution in [3.63, 3.8) is 0 Å². The minimum atomic E-state index is -0.322. The number of nitrogens with two attached hydrogens (primary N) is 1. The molecule has 0 aliphatic heterocycles. The Balaban J connectivity index is 2.46. The minimum absolute atomic E-state index is 0.119. The van der Waals surface area contributed by atoms with E-state index >= 15 is 0 Å². The molecule has 0 fully saturated rings. The molecule has 0 amide bonds. The number of ether oxygens (including phenoxy) is 1. The van der Waals surface area contributed by atoms with E-state index in [0.717, 1.165) is 31.6 Å². The lowest BCUT2D eigenvalue weighted by Gasteiger charge is -2.16. The lowest BCUT2D eigenvalue weighted by Crippen LogP contribution is -2.37. The molecule has 1 unspecified atom stereocenters. The first-order valence-corrected chi connectivity index (χ1v) is 6.53. The molecule has 1 rings (SSSR count). The first kappa shape index (κ1) is 15.4. The smallest absolute Gasteiger partial charge is 0.124 e. The van der Waals surface area contributed by atoms with Gasteiger partial charge < -0.3 is 4.74 Å². The summed E-state index contributed by atoms with van der Waals surface area (Å²) in [7, 11) is 0. The third kappa shape index (κ3) is 5.31. The van der Waals surface area contributed by atoms with E-state index in [1.807, 2.05) is 6.92 Å². The molecule has 3 nitrogen and oxygen atoms in total. The molecule has 0 aliphatic rings. The summed E-state index contributed by atoms with van der Waals surface area (Å²) in [6.45, 7) is 3.42. The predicted octanol–water partition coefficient (Wildman–Crippen LogP) is 2.67. The van der Waals surface area contributed by atoms with Crippen LogP contribution < -0.4 is 11.3 Å². The van der Waals surface area contributed by atoms with Crippen LogP contribution in [0, 0.1) is 5.82 Å². The van der Waals surface area contributed by atoms with Gasteiger partial charge in [0.25, 0.3) is 0 Å². The van der Waals surface area contributed by atoms with Gasteiger partial charge in [0.2, 0.25) is 0 Å². The monoisotopic (exact) mass is 274 g/mol. The number of halogens is 2. The molecule has 1 aromatic carbocycles. The Morgan fingerprint density at radius 1 is 1.50 bits per heavy atom. The van der Waals surface area contributed by atoms with Crippen molar-refractivity contribution in [1.82, 2.24) is 5.43 Å². The van der Waals surface area contributed by atoms with Gasteiger partial charge in [0.15, 0.2) is 0 Å². The molecule has 18 heavy (non-hydrogen) atoms. The summed E-state index contributed by atoms with van der Waals surface area (Å²) in [5.41, 5.74) is 3.66. The van der Waals surface area contributed by atoms with E-state index in [2.05, 4.69) is 5.43 Å². The number of nitrogens with one attached hydrogen (secondary N) is 1. The zero-order valence-electron chi connectivity index (χ0n) is 10.6. The minimum Gasteiger partial charge on any atom is -0.382 e. The van der Waals surface area contributed by atoms with E-state index in [1.54, 1.807) is 6.07 Å². The number of benzene rings is 1. The largest absolute Gasteiger partial charge is 0.382 e. The highest BCUT2D eigenvalue weighted by Crippen LogP contribution is 2.19. The summed E-state index contributed by atoms with van der Waals surface area (Å²) >= 11 is 5.98. The highest BCUT2D eigenvalue weighted by Gasteiger charge is 2.10. The van der Waals surface area contributed by atoms with Crippen molar-refractivity contribution >= 4 is 11.6 Å². The Kier molecular flexibility index (Phi) is 7.20. The zero-order valence-corrected chi connectivity index (χ0v) is 11.3. The van der Waals surface area contributed by atoms with E-state index in [-0.39, 0.29) is 11.9 Å². The van der Waals surface area contributed by atoms with Crippen molar-refractivity contribution in [3.8, 4) is 0 Å². The Hall–Kier alpha value is -0.680. The van der Waals surface area contributed by atoms with Gasteiger partial charge >= 0.3 is 0 Å². The Bertz CT molecular complexity index is 363. The van der Waals surface area contributed by atoms with Crippen molar-refractivity contribution in [2.24, 2.45) is 5.84 Å². The highest BCUT2D eigenvalue weighted by molar-refractivity contribution is 6.31. The Morgan fingerprint density at radius 3 is 2.89 bits per heavy atom. The molecule has 0 aromatic heterocycles. The predicted molar refractivity (Wildman–Crippen MR) is 72.0 cm³/mol. The van der Waals surface area contributed by atoms with Crippen LogP contribution in [0.2, 0.25) is 5.02 Å². The zero-order chi connectivity index (χ0) is 13.4. The van der Waals surface area contributed by atoms with Crippen LogP contribution in [0.5, 0.6) is 0 Å². The van der Waals surface area contributed by atoms with E-state index in [0.29, 0.717) is 11.4 Å². The molecule has 3 N–H and O–H groups in total. The van der Waals surface area contributed by atoms with Gasteiger partial charge in [0, 0.05) is 24.3 Å². The van der Waals surface area contributed by atoms with Crippen LogP contribution in [0.1, 0.15) is 25.3 Å². The lowest BCUT2D eigenvalue weighted by atomic mass is 10.0. The van der Waals surface area contributed by atoms with Gasteiger partial charge in [-0.3, -0.25) is 11.3 Å². The molecular weight excluding hydrogens is 255 g/mol. The summed E-state index contributed by atoms with van der Waals surface area (Å²) in [4.78, 5) is 0. The van der Waals surface area contributed by atoms with Gasteiger partial charge in [-0.15, -0.1) is 0 Å². The fraction of sp³-hybridized carbons (Fsp3) is 0.538. The van der Waals surface area contributed by atoms with Crippen LogP contribution in [0.4, 0.5) is 4.39 Å². The van der Waals surface area contributed by atoms with Crippen LogP contribution in [-0.4, -0.2) is 19.3 Å². The standard InChI is InChI=1S/C13H20ClFN2O/c1-2-18-7-3-4-12(17-16)8-10-5-6-11(15)9-13(10)14/h5-6,9,12,17H,2-4,7-8,16H2,1H3. The molecule has 0 radical (unpaired) electrons. The summed E-state index contributed by atoms with van der Waals surface area (Å²) in [6, 6.07) is 4.55. The third-order valence-corrected chi connectivity index (χ3v) is 3.11. The topological polar surface area (TPSA) is 47.3 Å². The average molecular weight is 275 g/mol. The summed E-state index contributed by atoms with van der Waals surface area (Å²) in [5.74, 6) is 5.19. The maximum absolute atomic E-state index is 12.9. The van der Waals surface area contributed by atoms with Gasteiger partial charge in [0.05, 0.1) is 0 Å². The molecule has 0 bridgehead atoms.